The minimum absolute atomic E-state index is 0.0272. The van der Waals surface area contributed by atoms with E-state index in [9.17, 15) is 5.11 Å². The molecule has 2 atom stereocenters. The van der Waals surface area contributed by atoms with Crippen molar-refractivity contribution >= 4 is 0 Å². The molecule has 0 bridgehead atoms. The van der Waals surface area contributed by atoms with Gasteiger partial charge in [-0.15, -0.1) is 6.58 Å². The Morgan fingerprint density at radius 1 is 0.750 bits per heavy atom. The molecule has 0 heterocycles. The largest absolute Gasteiger partial charge is 0.497 e. The molecule has 0 aliphatic carbocycles. The molecule has 0 saturated carbocycles. The zero-order chi connectivity index (χ0) is 20.9. The van der Waals surface area contributed by atoms with E-state index in [2.05, 4.69) is 6.58 Å². The van der Waals surface area contributed by atoms with Crippen LogP contribution in [0.5, 0.6) is 23.0 Å². The molecule has 1 N–H and O–H groups in total. The summed E-state index contributed by atoms with van der Waals surface area (Å²) >= 11 is 0. The average Bonchev–Trinajstić information content (AvgIpc) is 2.76. The number of hydrogen-bond donors (Lipinski definition) is 1. The average molecular weight is 386 g/mol. The molecule has 28 heavy (non-hydrogen) atoms. The van der Waals surface area contributed by atoms with Crippen LogP contribution in [0.25, 0.3) is 0 Å². The quantitative estimate of drug-likeness (QED) is 0.647. The first-order valence-electron chi connectivity index (χ1n) is 9.16. The lowest BCUT2D eigenvalue weighted by Gasteiger charge is -2.38. The molecule has 0 radical (unpaired) electrons. The van der Waals surface area contributed by atoms with Gasteiger partial charge in [0, 0.05) is 12.1 Å². The highest BCUT2D eigenvalue weighted by molar-refractivity contribution is 5.49. The van der Waals surface area contributed by atoms with E-state index < -0.39 is 5.60 Å². The summed E-state index contributed by atoms with van der Waals surface area (Å²) in [6.07, 6.45) is 1.84. The minimum Gasteiger partial charge on any atom is -0.497 e. The molecular weight excluding hydrogens is 356 g/mol. The van der Waals surface area contributed by atoms with Gasteiger partial charge in [-0.25, -0.2) is 0 Å². The Hall–Kier alpha value is -2.66. The third kappa shape index (κ3) is 4.09. The molecule has 0 unspecified atom stereocenters. The number of methoxy groups -OCH3 is 4. The van der Waals surface area contributed by atoms with E-state index >= 15 is 0 Å². The first kappa shape index (κ1) is 21.6. The topological polar surface area (TPSA) is 57.2 Å². The fourth-order valence-electron chi connectivity index (χ4n) is 3.33. The zero-order valence-corrected chi connectivity index (χ0v) is 17.5. The van der Waals surface area contributed by atoms with Crippen molar-refractivity contribution in [1.29, 1.82) is 0 Å². The Labute approximate surface area is 167 Å². The van der Waals surface area contributed by atoms with Crippen molar-refractivity contribution < 1.29 is 24.1 Å². The van der Waals surface area contributed by atoms with Crippen LogP contribution in [0.1, 0.15) is 25.0 Å². The van der Waals surface area contributed by atoms with Crippen molar-refractivity contribution in [3.8, 4) is 23.0 Å². The van der Waals surface area contributed by atoms with Crippen LogP contribution in [0.2, 0.25) is 0 Å². The summed E-state index contributed by atoms with van der Waals surface area (Å²) < 4.78 is 21.7. The van der Waals surface area contributed by atoms with Gasteiger partial charge in [-0.05, 0) is 47.2 Å². The summed E-state index contributed by atoms with van der Waals surface area (Å²) in [6.45, 7) is 7.92. The minimum atomic E-state index is -1.36. The van der Waals surface area contributed by atoms with Gasteiger partial charge in [0.1, 0.15) is 28.6 Å². The highest BCUT2D eigenvalue weighted by Gasteiger charge is 2.41. The molecule has 0 aliphatic heterocycles. The van der Waals surface area contributed by atoms with E-state index in [1.807, 2.05) is 44.2 Å². The van der Waals surface area contributed by atoms with Gasteiger partial charge in [0.15, 0.2) is 0 Å². The lowest BCUT2D eigenvalue weighted by molar-refractivity contribution is 0.00824. The maximum absolute atomic E-state index is 12.1. The third-order valence-corrected chi connectivity index (χ3v) is 5.40. The van der Waals surface area contributed by atoms with Crippen molar-refractivity contribution in [2.24, 2.45) is 11.8 Å². The van der Waals surface area contributed by atoms with Gasteiger partial charge in [-0.2, -0.15) is 0 Å². The Morgan fingerprint density at radius 2 is 1.07 bits per heavy atom. The fourth-order valence-corrected chi connectivity index (χ4v) is 3.33. The normalized spacial score (nSPS) is 13.4. The van der Waals surface area contributed by atoms with Gasteiger partial charge in [0.25, 0.3) is 0 Å². The summed E-state index contributed by atoms with van der Waals surface area (Å²) in [5, 5.41) is 12.1. The molecule has 2 aromatic rings. The number of ether oxygens (including phenoxy) is 4. The molecule has 2 aromatic carbocycles. The maximum Gasteiger partial charge on any atom is 0.122 e. The summed E-state index contributed by atoms with van der Waals surface area (Å²) in [5.74, 6) is 2.21. The summed E-state index contributed by atoms with van der Waals surface area (Å²) in [5.41, 5.74) is -0.0579. The van der Waals surface area contributed by atoms with Crippen molar-refractivity contribution in [2.75, 3.05) is 28.4 Å². The molecular formula is C23H30O5. The highest BCUT2D eigenvalue weighted by Crippen LogP contribution is 2.45. The van der Waals surface area contributed by atoms with E-state index in [1.165, 1.54) is 0 Å². The number of benzene rings is 2. The lowest BCUT2D eigenvalue weighted by Crippen LogP contribution is -2.38. The number of aliphatic hydroxyl groups is 1. The van der Waals surface area contributed by atoms with E-state index in [4.69, 9.17) is 18.9 Å². The molecule has 0 fully saturated rings. The molecule has 0 aromatic heterocycles. The van der Waals surface area contributed by atoms with Crippen molar-refractivity contribution in [2.45, 2.75) is 19.4 Å². The van der Waals surface area contributed by atoms with Crippen molar-refractivity contribution in [3.05, 3.63) is 60.2 Å². The van der Waals surface area contributed by atoms with E-state index in [1.54, 1.807) is 40.6 Å². The van der Waals surface area contributed by atoms with Gasteiger partial charge >= 0.3 is 0 Å². The van der Waals surface area contributed by atoms with Crippen LogP contribution < -0.4 is 18.9 Å². The molecule has 0 aliphatic rings. The second-order valence-electron chi connectivity index (χ2n) is 6.85. The fraction of sp³-hybridized carbons (Fsp3) is 0.391. The van der Waals surface area contributed by atoms with Crippen LogP contribution in [0.15, 0.2) is 49.1 Å². The highest BCUT2D eigenvalue weighted by atomic mass is 16.5. The van der Waals surface area contributed by atoms with Crippen molar-refractivity contribution in [1.82, 2.24) is 0 Å². The predicted octanol–water partition coefficient (Wildman–Crippen LogP) is 4.42. The lowest BCUT2D eigenvalue weighted by atomic mass is 9.71. The first-order chi connectivity index (χ1) is 13.3. The molecule has 152 valence electrons. The number of rotatable bonds is 9. The van der Waals surface area contributed by atoms with Gasteiger partial charge in [0.2, 0.25) is 0 Å². The van der Waals surface area contributed by atoms with Crippen LogP contribution in [0.4, 0.5) is 0 Å². The molecule has 0 saturated heterocycles. The monoisotopic (exact) mass is 386 g/mol. The van der Waals surface area contributed by atoms with Crippen LogP contribution >= 0.6 is 0 Å². The van der Waals surface area contributed by atoms with E-state index in [-0.39, 0.29) is 11.8 Å². The van der Waals surface area contributed by atoms with Crippen LogP contribution in [0.3, 0.4) is 0 Å². The van der Waals surface area contributed by atoms with Gasteiger partial charge < -0.3 is 24.1 Å². The third-order valence-electron chi connectivity index (χ3n) is 5.40. The Bertz CT molecular complexity index is 715. The maximum atomic E-state index is 12.1. The smallest absolute Gasteiger partial charge is 0.122 e. The van der Waals surface area contributed by atoms with E-state index in [0.717, 1.165) is 0 Å². The van der Waals surface area contributed by atoms with Crippen LogP contribution in [-0.2, 0) is 5.60 Å². The van der Waals surface area contributed by atoms with E-state index in [0.29, 0.717) is 34.1 Å². The summed E-state index contributed by atoms with van der Waals surface area (Å²) in [6, 6.07) is 10.8. The van der Waals surface area contributed by atoms with Gasteiger partial charge in [-0.3, -0.25) is 0 Å². The summed E-state index contributed by atoms with van der Waals surface area (Å²) in [7, 11) is 6.34. The number of allylic oxidation sites excluding steroid dienone is 1. The zero-order valence-electron chi connectivity index (χ0n) is 17.5. The molecule has 5 heteroatoms. The molecule has 5 nitrogen and oxygen atoms in total. The van der Waals surface area contributed by atoms with Gasteiger partial charge in [-0.1, -0.05) is 19.9 Å². The van der Waals surface area contributed by atoms with Crippen molar-refractivity contribution in [3.63, 3.8) is 0 Å². The SMILES string of the molecule is C=C[C@H](C)[C@@H](C)C(O)(c1cc(OC)cc(OC)c1)c1cc(OC)cc(OC)c1. The standard InChI is InChI=1S/C23H30O5/c1-8-15(2)16(3)23(24,17-9-19(25-4)13-20(10-17)26-5)18-11-21(27-6)14-22(12-18)28-7/h8-16,24H,1H2,2-7H3/t15-,16+/m0/s1. The Kier molecular flexibility index (Phi) is 6.97. The Balaban J connectivity index is 2.81. The summed E-state index contributed by atoms with van der Waals surface area (Å²) in [4.78, 5) is 0. The predicted molar refractivity (Wildman–Crippen MR) is 111 cm³/mol. The second-order valence-corrected chi connectivity index (χ2v) is 6.85. The molecule has 2 rings (SSSR count). The molecule has 0 spiro atoms. The second kappa shape index (κ2) is 9.02. The Morgan fingerprint density at radius 3 is 1.32 bits per heavy atom. The van der Waals surface area contributed by atoms with Crippen LogP contribution in [0, 0.1) is 11.8 Å². The van der Waals surface area contributed by atoms with Crippen LogP contribution in [-0.4, -0.2) is 33.5 Å². The first-order valence-corrected chi connectivity index (χ1v) is 9.16. The molecule has 0 amide bonds. The number of hydrogen-bond acceptors (Lipinski definition) is 5. The van der Waals surface area contributed by atoms with Gasteiger partial charge in [0.05, 0.1) is 28.4 Å².